The third kappa shape index (κ3) is 1.46. The molecular formula is C11H13FO. The van der Waals surface area contributed by atoms with E-state index in [1.165, 1.54) is 6.07 Å². The second-order valence-electron chi connectivity index (χ2n) is 3.74. The van der Waals surface area contributed by atoms with Crippen LogP contribution in [0.2, 0.25) is 0 Å². The summed E-state index contributed by atoms with van der Waals surface area (Å²) in [6.07, 6.45) is 1.00. The first kappa shape index (κ1) is 8.70. The van der Waals surface area contributed by atoms with Crippen molar-refractivity contribution in [1.29, 1.82) is 0 Å². The van der Waals surface area contributed by atoms with Crippen LogP contribution in [-0.4, -0.2) is 11.7 Å². The maximum Gasteiger partial charge on any atom is 0.126 e. The molecule has 2 atom stereocenters. The normalized spacial score (nSPS) is 26.1. The number of hydrogen-bond donors (Lipinski definition) is 1. The predicted molar refractivity (Wildman–Crippen MR) is 49.1 cm³/mol. The molecule has 1 nitrogen and oxygen atoms in total. The van der Waals surface area contributed by atoms with Crippen LogP contribution in [0, 0.1) is 18.7 Å². The van der Waals surface area contributed by atoms with E-state index in [1.54, 1.807) is 13.0 Å². The lowest BCUT2D eigenvalue weighted by Gasteiger charge is -2.04. The Morgan fingerprint density at radius 2 is 2.31 bits per heavy atom. The van der Waals surface area contributed by atoms with Crippen molar-refractivity contribution >= 4 is 0 Å². The van der Waals surface area contributed by atoms with Gasteiger partial charge in [0.25, 0.3) is 0 Å². The zero-order valence-corrected chi connectivity index (χ0v) is 7.63. The van der Waals surface area contributed by atoms with Crippen LogP contribution in [0.25, 0.3) is 0 Å². The largest absolute Gasteiger partial charge is 0.396 e. The summed E-state index contributed by atoms with van der Waals surface area (Å²) in [7, 11) is 0. The van der Waals surface area contributed by atoms with Crippen LogP contribution in [0.4, 0.5) is 4.39 Å². The monoisotopic (exact) mass is 180 g/mol. The number of aliphatic hydroxyl groups excluding tert-OH is 1. The molecule has 1 saturated carbocycles. The molecule has 70 valence electrons. The summed E-state index contributed by atoms with van der Waals surface area (Å²) in [5.74, 6) is 0.613. The van der Waals surface area contributed by atoms with Gasteiger partial charge < -0.3 is 5.11 Å². The first-order chi connectivity index (χ1) is 6.24. The van der Waals surface area contributed by atoms with Gasteiger partial charge in [0, 0.05) is 6.61 Å². The third-order valence-electron chi connectivity index (χ3n) is 2.87. The Balaban J connectivity index is 2.27. The van der Waals surface area contributed by atoms with Crippen LogP contribution in [0.15, 0.2) is 18.2 Å². The fraction of sp³-hybridized carbons (Fsp3) is 0.455. The molecule has 2 heteroatoms. The van der Waals surface area contributed by atoms with Crippen molar-refractivity contribution in [1.82, 2.24) is 0 Å². The summed E-state index contributed by atoms with van der Waals surface area (Å²) < 4.78 is 13.1. The average molecular weight is 180 g/mol. The van der Waals surface area contributed by atoms with Crippen molar-refractivity contribution < 1.29 is 9.50 Å². The molecule has 0 aromatic heterocycles. The Bertz CT molecular complexity index is 322. The van der Waals surface area contributed by atoms with Crippen LogP contribution in [-0.2, 0) is 0 Å². The SMILES string of the molecule is Cc1c(F)cccc1[C@H]1C[C@H]1CO. The lowest BCUT2D eigenvalue weighted by Crippen LogP contribution is -1.93. The summed E-state index contributed by atoms with van der Waals surface area (Å²) in [5.41, 5.74) is 1.81. The van der Waals surface area contributed by atoms with Crippen LogP contribution in [0.3, 0.4) is 0 Å². The van der Waals surface area contributed by atoms with Gasteiger partial charge in [0.05, 0.1) is 0 Å². The highest BCUT2D eigenvalue weighted by atomic mass is 19.1. The fourth-order valence-corrected chi connectivity index (χ4v) is 1.86. The molecule has 13 heavy (non-hydrogen) atoms. The van der Waals surface area contributed by atoms with Crippen molar-refractivity contribution in [3.63, 3.8) is 0 Å². The molecule has 1 aromatic carbocycles. The molecule has 0 amide bonds. The van der Waals surface area contributed by atoms with Crippen LogP contribution >= 0.6 is 0 Å². The minimum Gasteiger partial charge on any atom is -0.396 e. The van der Waals surface area contributed by atoms with E-state index in [-0.39, 0.29) is 12.4 Å². The minimum atomic E-state index is -0.138. The van der Waals surface area contributed by atoms with Crippen molar-refractivity contribution in [3.05, 3.63) is 35.1 Å². The van der Waals surface area contributed by atoms with Crippen LogP contribution < -0.4 is 0 Å². The van der Waals surface area contributed by atoms with Gasteiger partial charge >= 0.3 is 0 Å². The number of rotatable bonds is 2. The van der Waals surface area contributed by atoms with Gasteiger partial charge in [-0.1, -0.05) is 12.1 Å². The van der Waals surface area contributed by atoms with E-state index in [0.717, 1.165) is 17.5 Å². The second-order valence-corrected chi connectivity index (χ2v) is 3.74. The molecule has 0 saturated heterocycles. The maximum atomic E-state index is 13.1. The fourth-order valence-electron chi connectivity index (χ4n) is 1.86. The van der Waals surface area contributed by atoms with Gasteiger partial charge in [0.15, 0.2) is 0 Å². The number of aliphatic hydroxyl groups is 1. The molecule has 1 aliphatic carbocycles. The van der Waals surface area contributed by atoms with Crippen molar-refractivity contribution in [2.45, 2.75) is 19.3 Å². The highest BCUT2D eigenvalue weighted by molar-refractivity contribution is 5.34. The Hall–Kier alpha value is -0.890. The highest BCUT2D eigenvalue weighted by Gasteiger charge is 2.38. The van der Waals surface area contributed by atoms with E-state index in [1.807, 2.05) is 6.07 Å². The summed E-state index contributed by atoms with van der Waals surface area (Å²) >= 11 is 0. The maximum absolute atomic E-state index is 13.1. The van der Waals surface area contributed by atoms with E-state index >= 15 is 0 Å². The van der Waals surface area contributed by atoms with Crippen molar-refractivity contribution in [2.75, 3.05) is 6.61 Å². The lowest BCUT2D eigenvalue weighted by molar-refractivity contribution is 0.274. The van der Waals surface area contributed by atoms with Crippen LogP contribution in [0.5, 0.6) is 0 Å². The van der Waals surface area contributed by atoms with Gasteiger partial charge in [-0.2, -0.15) is 0 Å². The van der Waals surface area contributed by atoms with Gasteiger partial charge in [0.1, 0.15) is 5.82 Å². The van der Waals surface area contributed by atoms with E-state index in [0.29, 0.717) is 11.8 Å². The molecule has 0 aliphatic heterocycles. The molecule has 0 bridgehead atoms. The summed E-state index contributed by atoms with van der Waals surface area (Å²) in [6, 6.07) is 5.18. The van der Waals surface area contributed by atoms with Crippen molar-refractivity contribution in [2.24, 2.45) is 5.92 Å². The second kappa shape index (κ2) is 3.11. The zero-order chi connectivity index (χ0) is 9.42. The molecule has 1 aliphatic rings. The molecule has 0 heterocycles. The Morgan fingerprint density at radius 3 is 2.92 bits per heavy atom. The highest BCUT2D eigenvalue weighted by Crippen LogP contribution is 2.48. The molecular weight excluding hydrogens is 167 g/mol. The van der Waals surface area contributed by atoms with Crippen LogP contribution in [0.1, 0.15) is 23.5 Å². The zero-order valence-electron chi connectivity index (χ0n) is 7.63. The van der Waals surface area contributed by atoms with Gasteiger partial charge in [-0.25, -0.2) is 4.39 Å². The van der Waals surface area contributed by atoms with E-state index in [2.05, 4.69) is 0 Å². The van der Waals surface area contributed by atoms with Gasteiger partial charge in [-0.05, 0) is 42.4 Å². The molecule has 1 N–H and O–H groups in total. The molecule has 0 radical (unpaired) electrons. The average Bonchev–Trinajstić information content (AvgIpc) is 2.89. The number of benzene rings is 1. The molecule has 0 unspecified atom stereocenters. The Kier molecular flexibility index (Phi) is 2.08. The summed E-state index contributed by atoms with van der Waals surface area (Å²) in [6.45, 7) is 2.03. The van der Waals surface area contributed by atoms with Gasteiger partial charge in [-0.3, -0.25) is 0 Å². The first-order valence-electron chi connectivity index (χ1n) is 4.60. The predicted octanol–water partition coefficient (Wildman–Crippen LogP) is 2.23. The van der Waals surface area contributed by atoms with E-state index in [4.69, 9.17) is 5.11 Å². The number of halogens is 1. The number of hydrogen-bond acceptors (Lipinski definition) is 1. The molecule has 1 aromatic rings. The molecule has 1 fully saturated rings. The van der Waals surface area contributed by atoms with E-state index in [9.17, 15) is 4.39 Å². The Morgan fingerprint density at radius 1 is 1.54 bits per heavy atom. The summed E-state index contributed by atoms with van der Waals surface area (Å²) in [5, 5.41) is 8.90. The third-order valence-corrected chi connectivity index (χ3v) is 2.87. The van der Waals surface area contributed by atoms with Crippen molar-refractivity contribution in [3.8, 4) is 0 Å². The first-order valence-corrected chi connectivity index (χ1v) is 4.60. The Labute approximate surface area is 77.2 Å². The van der Waals surface area contributed by atoms with E-state index < -0.39 is 0 Å². The quantitative estimate of drug-likeness (QED) is 0.740. The lowest BCUT2D eigenvalue weighted by atomic mass is 10.0. The molecule has 2 rings (SSSR count). The molecule has 0 spiro atoms. The standard InChI is InChI=1S/C11H13FO/c1-7-9(3-2-4-11(7)12)10-5-8(10)6-13/h2-4,8,10,13H,5-6H2,1H3/t8-,10-/m0/s1. The van der Waals surface area contributed by atoms with Gasteiger partial charge in [0.2, 0.25) is 0 Å². The summed E-state index contributed by atoms with van der Waals surface area (Å²) in [4.78, 5) is 0. The minimum absolute atomic E-state index is 0.138. The van der Waals surface area contributed by atoms with Gasteiger partial charge in [-0.15, -0.1) is 0 Å². The smallest absolute Gasteiger partial charge is 0.126 e. The topological polar surface area (TPSA) is 20.2 Å².